The van der Waals surface area contributed by atoms with Crippen LogP contribution in [0, 0.1) is 0 Å². The van der Waals surface area contributed by atoms with E-state index >= 15 is 0 Å². The van der Waals surface area contributed by atoms with Gasteiger partial charge in [-0.1, -0.05) is 0 Å². The number of hydrogen-bond donors (Lipinski definition) is 0. The van der Waals surface area contributed by atoms with E-state index in [0.29, 0.717) is 37.3 Å². The van der Waals surface area contributed by atoms with Crippen LogP contribution in [0.2, 0.25) is 0 Å². The van der Waals surface area contributed by atoms with Crippen molar-refractivity contribution in [1.29, 1.82) is 0 Å². The number of sulfonamides is 1. The van der Waals surface area contributed by atoms with Gasteiger partial charge in [0.25, 0.3) is 5.91 Å². The topological polar surface area (TPSA) is 73.8 Å². The third-order valence-electron chi connectivity index (χ3n) is 5.10. The Morgan fingerprint density at radius 2 is 1.52 bits per heavy atom. The van der Waals surface area contributed by atoms with Gasteiger partial charge in [-0.15, -0.1) is 0 Å². The monoisotopic (exact) mass is 386 g/mol. The van der Waals surface area contributed by atoms with Gasteiger partial charge in [0.05, 0.1) is 11.4 Å². The normalized spacial score (nSPS) is 19.3. The molecule has 0 spiro atoms. The van der Waals surface area contributed by atoms with Gasteiger partial charge in [-0.25, -0.2) is 8.42 Å². The lowest BCUT2D eigenvalue weighted by Crippen LogP contribution is -2.48. The van der Waals surface area contributed by atoms with Crippen molar-refractivity contribution < 1.29 is 13.2 Å². The SMILES string of the molecule is O=C(c1ccc(N2CCCS2(=O)=O)cc1)N1CCN(c2ccncc2)CC1. The molecule has 0 unspecified atom stereocenters. The van der Waals surface area contributed by atoms with Crippen LogP contribution in [0.5, 0.6) is 0 Å². The number of piperazine rings is 1. The number of rotatable bonds is 3. The molecular formula is C19H22N4O3S. The standard InChI is InChI=1S/C19H22N4O3S/c24-19(22-13-11-21(12-14-22)17-6-8-20-9-7-17)16-2-4-18(5-3-16)23-10-1-15-27(23,25)26/h2-9H,1,10-15H2. The van der Waals surface area contributed by atoms with Gasteiger partial charge < -0.3 is 9.80 Å². The maximum Gasteiger partial charge on any atom is 0.253 e. The van der Waals surface area contributed by atoms with E-state index in [9.17, 15) is 13.2 Å². The molecule has 7 nitrogen and oxygen atoms in total. The lowest BCUT2D eigenvalue weighted by molar-refractivity contribution is 0.0747. The molecule has 1 aromatic carbocycles. The fourth-order valence-electron chi connectivity index (χ4n) is 3.60. The van der Waals surface area contributed by atoms with E-state index in [0.717, 1.165) is 18.8 Å². The van der Waals surface area contributed by atoms with Crippen LogP contribution in [0.15, 0.2) is 48.8 Å². The summed E-state index contributed by atoms with van der Waals surface area (Å²) >= 11 is 0. The summed E-state index contributed by atoms with van der Waals surface area (Å²) in [6, 6.07) is 10.8. The van der Waals surface area contributed by atoms with Gasteiger partial charge in [0.1, 0.15) is 0 Å². The maximum absolute atomic E-state index is 12.8. The van der Waals surface area contributed by atoms with Crippen molar-refractivity contribution in [2.75, 3.05) is 47.7 Å². The zero-order chi connectivity index (χ0) is 18.9. The fraction of sp³-hybridized carbons (Fsp3) is 0.368. The molecule has 0 atom stereocenters. The smallest absolute Gasteiger partial charge is 0.253 e. The molecule has 2 aromatic rings. The summed E-state index contributed by atoms with van der Waals surface area (Å²) in [4.78, 5) is 20.9. The molecule has 0 N–H and O–H groups in total. The van der Waals surface area contributed by atoms with Crippen LogP contribution in [0.1, 0.15) is 16.8 Å². The number of pyridine rings is 1. The second-order valence-electron chi connectivity index (χ2n) is 6.77. The molecule has 2 fully saturated rings. The Bertz CT molecular complexity index is 908. The van der Waals surface area contributed by atoms with E-state index in [1.165, 1.54) is 4.31 Å². The Kier molecular flexibility index (Phi) is 4.73. The zero-order valence-electron chi connectivity index (χ0n) is 15.0. The van der Waals surface area contributed by atoms with Gasteiger partial charge in [-0.05, 0) is 42.8 Å². The number of amides is 1. The third-order valence-corrected chi connectivity index (χ3v) is 6.97. The Labute approximate surface area is 159 Å². The summed E-state index contributed by atoms with van der Waals surface area (Å²) in [6.07, 6.45) is 4.19. The first kappa shape index (κ1) is 17.8. The molecule has 0 radical (unpaired) electrons. The number of anilines is 2. The Morgan fingerprint density at radius 3 is 2.11 bits per heavy atom. The van der Waals surface area contributed by atoms with E-state index in [4.69, 9.17) is 0 Å². The maximum atomic E-state index is 12.8. The van der Waals surface area contributed by atoms with Crippen molar-refractivity contribution in [3.05, 3.63) is 54.4 Å². The van der Waals surface area contributed by atoms with E-state index in [-0.39, 0.29) is 11.7 Å². The van der Waals surface area contributed by atoms with E-state index in [1.54, 1.807) is 36.7 Å². The molecule has 2 saturated heterocycles. The average Bonchev–Trinajstić information content (AvgIpc) is 3.07. The van der Waals surface area contributed by atoms with Gasteiger partial charge in [-0.3, -0.25) is 14.1 Å². The van der Waals surface area contributed by atoms with Crippen molar-refractivity contribution in [2.45, 2.75) is 6.42 Å². The second-order valence-corrected chi connectivity index (χ2v) is 8.79. The van der Waals surface area contributed by atoms with Gasteiger partial charge in [0.2, 0.25) is 10.0 Å². The molecule has 1 amide bonds. The predicted octanol–water partition coefficient (Wildman–Crippen LogP) is 1.58. The minimum absolute atomic E-state index is 0.0137. The highest BCUT2D eigenvalue weighted by atomic mass is 32.2. The summed E-state index contributed by atoms with van der Waals surface area (Å²) < 4.78 is 25.5. The molecule has 8 heteroatoms. The van der Waals surface area contributed by atoms with Crippen LogP contribution in [-0.2, 0) is 10.0 Å². The first-order valence-electron chi connectivity index (χ1n) is 9.09. The van der Waals surface area contributed by atoms with Crippen LogP contribution >= 0.6 is 0 Å². The Hall–Kier alpha value is -2.61. The highest BCUT2D eigenvalue weighted by Gasteiger charge is 2.29. The number of carbonyl (C=O) groups is 1. The average molecular weight is 386 g/mol. The van der Waals surface area contributed by atoms with Crippen molar-refractivity contribution in [2.24, 2.45) is 0 Å². The number of benzene rings is 1. The summed E-state index contributed by atoms with van der Waals surface area (Å²) in [5.41, 5.74) is 2.34. The molecule has 142 valence electrons. The molecule has 3 heterocycles. The van der Waals surface area contributed by atoms with Crippen LogP contribution in [0.25, 0.3) is 0 Å². The molecule has 4 rings (SSSR count). The minimum Gasteiger partial charge on any atom is -0.368 e. The van der Waals surface area contributed by atoms with Crippen molar-refractivity contribution in [1.82, 2.24) is 9.88 Å². The van der Waals surface area contributed by atoms with E-state index < -0.39 is 10.0 Å². The fourth-order valence-corrected chi connectivity index (χ4v) is 5.17. The van der Waals surface area contributed by atoms with Gasteiger partial charge in [0.15, 0.2) is 0 Å². The molecule has 0 saturated carbocycles. The van der Waals surface area contributed by atoms with Crippen LogP contribution < -0.4 is 9.21 Å². The van der Waals surface area contributed by atoms with Crippen LogP contribution in [0.3, 0.4) is 0 Å². The first-order valence-corrected chi connectivity index (χ1v) is 10.7. The molecule has 1 aromatic heterocycles. The number of aromatic nitrogens is 1. The Morgan fingerprint density at radius 1 is 0.852 bits per heavy atom. The minimum atomic E-state index is -3.20. The van der Waals surface area contributed by atoms with Gasteiger partial charge in [-0.2, -0.15) is 0 Å². The summed E-state index contributed by atoms with van der Waals surface area (Å²) in [7, 11) is -3.20. The molecule has 0 bridgehead atoms. The van der Waals surface area contributed by atoms with E-state index in [1.807, 2.05) is 17.0 Å². The van der Waals surface area contributed by atoms with Crippen molar-refractivity contribution in [3.8, 4) is 0 Å². The van der Waals surface area contributed by atoms with Crippen molar-refractivity contribution >= 4 is 27.3 Å². The zero-order valence-corrected chi connectivity index (χ0v) is 15.8. The molecule has 2 aliphatic heterocycles. The van der Waals surface area contributed by atoms with Crippen LogP contribution in [0.4, 0.5) is 11.4 Å². The lowest BCUT2D eigenvalue weighted by Gasteiger charge is -2.36. The molecular weight excluding hydrogens is 364 g/mol. The van der Waals surface area contributed by atoms with Gasteiger partial charge >= 0.3 is 0 Å². The lowest BCUT2D eigenvalue weighted by atomic mass is 10.1. The third kappa shape index (κ3) is 3.62. The van der Waals surface area contributed by atoms with E-state index in [2.05, 4.69) is 9.88 Å². The quantitative estimate of drug-likeness (QED) is 0.801. The molecule has 0 aliphatic carbocycles. The number of hydrogen-bond acceptors (Lipinski definition) is 5. The molecule has 27 heavy (non-hydrogen) atoms. The molecule has 2 aliphatic rings. The summed E-state index contributed by atoms with van der Waals surface area (Å²) in [5.74, 6) is 0.176. The number of carbonyl (C=O) groups excluding carboxylic acids is 1. The predicted molar refractivity (Wildman–Crippen MR) is 105 cm³/mol. The van der Waals surface area contributed by atoms with Crippen molar-refractivity contribution in [3.63, 3.8) is 0 Å². The Balaban J connectivity index is 1.40. The highest BCUT2D eigenvalue weighted by Crippen LogP contribution is 2.24. The second kappa shape index (κ2) is 7.19. The summed E-state index contributed by atoms with van der Waals surface area (Å²) in [6.45, 7) is 3.37. The van der Waals surface area contributed by atoms with Gasteiger partial charge in [0, 0.05) is 56.4 Å². The largest absolute Gasteiger partial charge is 0.368 e. The summed E-state index contributed by atoms with van der Waals surface area (Å²) in [5, 5.41) is 0. The number of nitrogens with zero attached hydrogens (tertiary/aromatic N) is 4. The first-order chi connectivity index (χ1) is 13.0. The van der Waals surface area contributed by atoms with Crippen LogP contribution in [-0.4, -0.2) is 62.7 Å². The highest BCUT2D eigenvalue weighted by molar-refractivity contribution is 7.93.